The van der Waals surface area contributed by atoms with Gasteiger partial charge in [0.2, 0.25) is 0 Å². The summed E-state index contributed by atoms with van der Waals surface area (Å²) in [5, 5.41) is 0.691. The van der Waals surface area contributed by atoms with Crippen LogP contribution in [0.15, 0.2) is 18.2 Å². The lowest BCUT2D eigenvalue weighted by Crippen LogP contribution is -2.10. The van der Waals surface area contributed by atoms with Crippen molar-refractivity contribution in [2.45, 2.75) is 41.5 Å². The van der Waals surface area contributed by atoms with Crippen LogP contribution in [-0.2, 0) is 0 Å². The van der Waals surface area contributed by atoms with Crippen molar-refractivity contribution in [3.8, 4) is 0 Å². The molecule has 0 saturated heterocycles. The minimum Gasteiger partial charge on any atom is -0.289 e. The van der Waals surface area contributed by atoms with Gasteiger partial charge in [0.25, 0.3) is 0 Å². The molecule has 0 aromatic heterocycles. The van der Waals surface area contributed by atoms with Crippen LogP contribution < -0.4 is 0 Å². The van der Waals surface area contributed by atoms with Crippen molar-refractivity contribution >= 4 is 17.4 Å². The molecule has 0 aliphatic rings. The van der Waals surface area contributed by atoms with Gasteiger partial charge in [-0.3, -0.25) is 4.79 Å². The van der Waals surface area contributed by atoms with E-state index in [1.165, 1.54) is 16.7 Å². The van der Waals surface area contributed by atoms with E-state index >= 15 is 0 Å². The highest BCUT2D eigenvalue weighted by Crippen LogP contribution is 2.28. The molecule has 0 radical (unpaired) electrons. The molecule has 0 N–H and O–H groups in total. The fourth-order valence-electron chi connectivity index (χ4n) is 2.77. The molecule has 0 aliphatic carbocycles. The van der Waals surface area contributed by atoms with E-state index in [1.807, 2.05) is 26.8 Å². The van der Waals surface area contributed by atoms with Gasteiger partial charge in [0.05, 0.1) is 0 Å². The average molecular weight is 301 g/mol. The third-order valence-corrected chi connectivity index (χ3v) is 5.07. The molecule has 21 heavy (non-hydrogen) atoms. The number of aryl methyl sites for hydroxylation is 1. The first-order valence-corrected chi connectivity index (χ1v) is 7.51. The Bertz CT molecular complexity index is 713. The van der Waals surface area contributed by atoms with Crippen LogP contribution in [0, 0.1) is 41.5 Å². The van der Waals surface area contributed by atoms with Crippen molar-refractivity contribution in [3.63, 3.8) is 0 Å². The monoisotopic (exact) mass is 300 g/mol. The predicted molar refractivity (Wildman–Crippen MR) is 89.7 cm³/mol. The summed E-state index contributed by atoms with van der Waals surface area (Å²) in [6.07, 6.45) is 0. The number of ketones is 1. The molecule has 0 atom stereocenters. The Morgan fingerprint density at radius 2 is 1.29 bits per heavy atom. The van der Waals surface area contributed by atoms with E-state index in [2.05, 4.69) is 20.8 Å². The summed E-state index contributed by atoms with van der Waals surface area (Å²) in [4.78, 5) is 12.9. The lowest BCUT2D eigenvalue weighted by atomic mass is 9.86. The molecule has 1 nitrogen and oxygen atoms in total. The van der Waals surface area contributed by atoms with E-state index in [0.717, 1.165) is 22.3 Å². The van der Waals surface area contributed by atoms with E-state index in [0.29, 0.717) is 10.6 Å². The number of benzene rings is 2. The van der Waals surface area contributed by atoms with Gasteiger partial charge in [-0.25, -0.2) is 0 Å². The van der Waals surface area contributed by atoms with Gasteiger partial charge >= 0.3 is 0 Å². The molecule has 0 amide bonds. The van der Waals surface area contributed by atoms with Gasteiger partial charge in [0.15, 0.2) is 5.78 Å². The number of halogens is 1. The third-order valence-electron chi connectivity index (χ3n) is 4.65. The topological polar surface area (TPSA) is 17.1 Å². The molecule has 0 spiro atoms. The van der Waals surface area contributed by atoms with Crippen LogP contribution in [0.25, 0.3) is 0 Å². The van der Waals surface area contributed by atoms with Crippen LogP contribution in [0.1, 0.15) is 49.3 Å². The molecular formula is C19H21ClO. The van der Waals surface area contributed by atoms with E-state index < -0.39 is 0 Å². The molecule has 0 fully saturated rings. The highest BCUT2D eigenvalue weighted by atomic mass is 35.5. The van der Waals surface area contributed by atoms with Crippen LogP contribution in [0.5, 0.6) is 0 Å². The summed E-state index contributed by atoms with van der Waals surface area (Å²) in [5.74, 6) is 0.0796. The molecule has 2 rings (SSSR count). The summed E-state index contributed by atoms with van der Waals surface area (Å²) in [6, 6.07) is 5.47. The van der Waals surface area contributed by atoms with Crippen LogP contribution >= 0.6 is 11.6 Å². The summed E-state index contributed by atoms with van der Waals surface area (Å²) >= 11 is 6.05. The predicted octanol–water partition coefficient (Wildman–Crippen LogP) is 5.42. The van der Waals surface area contributed by atoms with Crippen molar-refractivity contribution in [2.75, 3.05) is 0 Å². The highest BCUT2D eigenvalue weighted by Gasteiger charge is 2.19. The van der Waals surface area contributed by atoms with Crippen LogP contribution in [0.3, 0.4) is 0 Å². The largest absolute Gasteiger partial charge is 0.289 e. The van der Waals surface area contributed by atoms with Crippen molar-refractivity contribution in [1.82, 2.24) is 0 Å². The highest BCUT2D eigenvalue weighted by molar-refractivity contribution is 6.31. The Balaban J connectivity index is 2.66. The van der Waals surface area contributed by atoms with Crippen LogP contribution in [-0.4, -0.2) is 5.78 Å². The first-order chi connectivity index (χ1) is 9.75. The van der Waals surface area contributed by atoms with Gasteiger partial charge in [-0.2, -0.15) is 0 Å². The van der Waals surface area contributed by atoms with E-state index in [1.54, 1.807) is 12.1 Å². The van der Waals surface area contributed by atoms with E-state index in [4.69, 9.17) is 11.6 Å². The quantitative estimate of drug-likeness (QED) is 0.677. The molecule has 0 unspecified atom stereocenters. The Labute approximate surface area is 132 Å². The van der Waals surface area contributed by atoms with E-state index in [9.17, 15) is 4.79 Å². The van der Waals surface area contributed by atoms with Gasteiger partial charge in [-0.15, -0.1) is 0 Å². The maximum atomic E-state index is 12.9. The Hall–Kier alpha value is -1.60. The minimum atomic E-state index is 0.0796. The van der Waals surface area contributed by atoms with Crippen molar-refractivity contribution in [3.05, 3.63) is 67.7 Å². The summed E-state index contributed by atoms with van der Waals surface area (Å²) in [5.41, 5.74) is 8.29. The van der Waals surface area contributed by atoms with Gasteiger partial charge in [0.1, 0.15) is 0 Å². The summed E-state index contributed by atoms with van der Waals surface area (Å²) in [6.45, 7) is 12.3. The Kier molecular flexibility index (Phi) is 4.25. The van der Waals surface area contributed by atoms with Gasteiger partial charge in [-0.05, 0) is 93.1 Å². The number of carbonyl (C=O) groups is 1. The zero-order valence-corrected chi connectivity index (χ0v) is 14.3. The number of hydrogen-bond donors (Lipinski definition) is 0. The van der Waals surface area contributed by atoms with Crippen LogP contribution in [0.4, 0.5) is 0 Å². The lowest BCUT2D eigenvalue weighted by Gasteiger charge is -2.18. The SMILES string of the molecule is Cc1cc(C(=O)c2c(C)c(C)c(C)c(C)c2C)ccc1Cl. The normalized spacial score (nSPS) is 10.8. The molecule has 2 aromatic rings. The zero-order valence-electron chi connectivity index (χ0n) is 13.5. The van der Waals surface area contributed by atoms with Crippen molar-refractivity contribution < 1.29 is 4.79 Å². The van der Waals surface area contributed by atoms with E-state index in [-0.39, 0.29) is 5.78 Å². The first kappa shape index (κ1) is 15.8. The second-order valence-corrected chi connectivity index (χ2v) is 6.20. The second kappa shape index (κ2) is 5.65. The fraction of sp³-hybridized carbons (Fsp3) is 0.316. The first-order valence-electron chi connectivity index (χ1n) is 7.13. The minimum absolute atomic E-state index is 0.0796. The number of carbonyl (C=O) groups excluding carboxylic acids is 1. The Morgan fingerprint density at radius 3 is 1.76 bits per heavy atom. The Morgan fingerprint density at radius 1 is 0.810 bits per heavy atom. The van der Waals surface area contributed by atoms with Gasteiger partial charge < -0.3 is 0 Å². The smallest absolute Gasteiger partial charge is 0.193 e. The maximum absolute atomic E-state index is 12.9. The molecule has 0 aliphatic heterocycles. The second-order valence-electron chi connectivity index (χ2n) is 5.79. The summed E-state index contributed by atoms with van der Waals surface area (Å²) < 4.78 is 0. The zero-order chi connectivity index (χ0) is 15.9. The molecule has 2 aromatic carbocycles. The molecule has 110 valence electrons. The van der Waals surface area contributed by atoms with Crippen LogP contribution in [0.2, 0.25) is 5.02 Å². The van der Waals surface area contributed by atoms with Crippen molar-refractivity contribution in [2.24, 2.45) is 0 Å². The average Bonchev–Trinajstić information content (AvgIpc) is 2.46. The molecular weight excluding hydrogens is 280 g/mol. The standard InChI is InChI=1S/C19H21ClO/c1-10-9-16(7-8-17(10)20)19(21)18-14(5)12(3)11(2)13(4)15(18)6/h7-9H,1-6H3. The lowest BCUT2D eigenvalue weighted by molar-refractivity contribution is 0.103. The summed E-state index contributed by atoms with van der Waals surface area (Å²) in [7, 11) is 0. The molecule has 0 bridgehead atoms. The third kappa shape index (κ3) is 2.63. The maximum Gasteiger partial charge on any atom is 0.193 e. The molecule has 0 saturated carbocycles. The molecule has 0 heterocycles. The van der Waals surface area contributed by atoms with Gasteiger partial charge in [0, 0.05) is 16.1 Å². The molecule has 2 heteroatoms. The van der Waals surface area contributed by atoms with Gasteiger partial charge in [-0.1, -0.05) is 11.6 Å². The van der Waals surface area contributed by atoms with Crippen molar-refractivity contribution in [1.29, 1.82) is 0 Å². The number of hydrogen-bond acceptors (Lipinski definition) is 1. The fourth-order valence-corrected chi connectivity index (χ4v) is 2.89. The number of rotatable bonds is 2.